The third-order valence-electron chi connectivity index (χ3n) is 4.62. The summed E-state index contributed by atoms with van der Waals surface area (Å²) in [4.78, 5) is 17.9. The Bertz CT molecular complexity index is 874. The van der Waals surface area contributed by atoms with Gasteiger partial charge in [0.2, 0.25) is 0 Å². The van der Waals surface area contributed by atoms with E-state index >= 15 is 0 Å². The summed E-state index contributed by atoms with van der Waals surface area (Å²) in [6.45, 7) is 0. The Kier molecular flexibility index (Phi) is 4.51. The third-order valence-corrected chi connectivity index (χ3v) is 5.36. The molecule has 0 bridgehead atoms. The van der Waals surface area contributed by atoms with Gasteiger partial charge >= 0.3 is 5.24 Å². The van der Waals surface area contributed by atoms with Crippen LogP contribution in [0.3, 0.4) is 0 Å². The Hall–Kier alpha value is -2.60. The van der Waals surface area contributed by atoms with Crippen LogP contribution in [-0.2, 0) is 0 Å². The average molecular weight is 364 g/mol. The van der Waals surface area contributed by atoms with E-state index in [9.17, 15) is 4.79 Å². The fourth-order valence-electron chi connectivity index (χ4n) is 3.22. The highest BCUT2D eigenvalue weighted by atomic mass is 32.2. The molecule has 5 nitrogen and oxygen atoms in total. The monoisotopic (exact) mass is 364 g/mol. The van der Waals surface area contributed by atoms with E-state index in [1.165, 1.54) is 17.3 Å². The zero-order chi connectivity index (χ0) is 18.1. The molecular formula is C20H20N4OS. The molecule has 0 fully saturated rings. The molecule has 2 aromatic rings. The summed E-state index contributed by atoms with van der Waals surface area (Å²) in [6, 6.07) is 18.8. The van der Waals surface area contributed by atoms with Gasteiger partial charge in [-0.2, -0.15) is 10.1 Å². The Morgan fingerprint density at radius 3 is 2.42 bits per heavy atom. The highest BCUT2D eigenvalue weighted by molar-refractivity contribution is 8.14. The van der Waals surface area contributed by atoms with Crippen LogP contribution < -0.4 is 4.90 Å². The standard InChI is InChI=1S/C20H20N4OS/c1-23(2)16-10-8-15(9-11-16)18-12-17(14-6-4-3-5-7-14)22-24(18)19-13-26-20(25)21-19/h3-11,18H,12-13H2,1-2H3/t18-/m1/s1. The molecule has 2 aromatic carbocycles. The predicted octanol–water partition coefficient (Wildman–Crippen LogP) is 4.17. The van der Waals surface area contributed by atoms with Crippen LogP contribution in [0.2, 0.25) is 0 Å². The van der Waals surface area contributed by atoms with Crippen molar-refractivity contribution in [2.45, 2.75) is 12.5 Å². The molecule has 0 aliphatic carbocycles. The first-order valence-electron chi connectivity index (χ1n) is 8.55. The molecule has 1 amide bonds. The van der Waals surface area contributed by atoms with E-state index < -0.39 is 0 Å². The second-order valence-corrected chi connectivity index (χ2v) is 7.47. The van der Waals surface area contributed by atoms with E-state index in [2.05, 4.69) is 46.3 Å². The second-order valence-electron chi connectivity index (χ2n) is 6.55. The van der Waals surface area contributed by atoms with Crippen LogP contribution in [0.15, 0.2) is 64.7 Å². The van der Waals surface area contributed by atoms with Crippen LogP contribution in [-0.4, -0.2) is 41.6 Å². The van der Waals surface area contributed by atoms with Crippen molar-refractivity contribution < 1.29 is 4.79 Å². The van der Waals surface area contributed by atoms with E-state index in [1.807, 2.05) is 37.3 Å². The van der Waals surface area contributed by atoms with Crippen LogP contribution >= 0.6 is 11.8 Å². The maximum absolute atomic E-state index is 11.6. The number of hydrogen-bond acceptors (Lipinski definition) is 5. The van der Waals surface area contributed by atoms with Crippen molar-refractivity contribution in [1.29, 1.82) is 0 Å². The zero-order valence-electron chi connectivity index (χ0n) is 14.8. The number of amidine groups is 1. The van der Waals surface area contributed by atoms with E-state index in [4.69, 9.17) is 5.10 Å². The van der Waals surface area contributed by atoms with Crippen LogP contribution in [0.4, 0.5) is 10.5 Å². The maximum Gasteiger partial charge on any atom is 0.307 e. The Morgan fingerprint density at radius 1 is 1.08 bits per heavy atom. The van der Waals surface area contributed by atoms with Gasteiger partial charge in [-0.1, -0.05) is 54.2 Å². The molecule has 0 spiro atoms. The SMILES string of the molecule is CN(C)c1ccc([C@H]2CC(c3ccccc3)=NN2C2=NC(=O)SC2)cc1. The lowest BCUT2D eigenvalue weighted by Crippen LogP contribution is -2.27. The number of hydrogen-bond donors (Lipinski definition) is 0. The summed E-state index contributed by atoms with van der Waals surface area (Å²) in [6.07, 6.45) is 0.795. The van der Waals surface area contributed by atoms with Gasteiger partial charge in [0.1, 0.15) is 5.84 Å². The number of carbonyl (C=O) groups excluding carboxylic acids is 1. The number of anilines is 1. The largest absolute Gasteiger partial charge is 0.378 e. The minimum Gasteiger partial charge on any atom is -0.378 e. The summed E-state index contributed by atoms with van der Waals surface area (Å²) in [5.41, 5.74) is 4.48. The van der Waals surface area contributed by atoms with Gasteiger partial charge in [-0.3, -0.25) is 4.79 Å². The number of rotatable bonds is 3. The molecule has 0 saturated heterocycles. The molecule has 4 rings (SSSR count). The lowest BCUT2D eigenvalue weighted by Gasteiger charge is -2.23. The molecule has 0 unspecified atom stereocenters. The number of thioether (sulfide) groups is 1. The number of amides is 1. The molecule has 26 heavy (non-hydrogen) atoms. The molecule has 2 heterocycles. The first kappa shape index (κ1) is 16.8. The van der Waals surface area contributed by atoms with Gasteiger partial charge in [0, 0.05) is 26.2 Å². The van der Waals surface area contributed by atoms with Crippen molar-refractivity contribution in [2.75, 3.05) is 24.7 Å². The molecule has 2 aliphatic rings. The highest BCUT2D eigenvalue weighted by Gasteiger charge is 2.34. The lowest BCUT2D eigenvalue weighted by atomic mass is 9.98. The molecule has 0 aromatic heterocycles. The number of benzene rings is 2. The summed E-state index contributed by atoms with van der Waals surface area (Å²) in [5, 5.41) is 6.63. The van der Waals surface area contributed by atoms with Crippen molar-refractivity contribution in [3.63, 3.8) is 0 Å². The third kappa shape index (κ3) is 3.24. The van der Waals surface area contributed by atoms with E-state index in [-0.39, 0.29) is 11.3 Å². The summed E-state index contributed by atoms with van der Waals surface area (Å²) in [5.74, 6) is 1.32. The Morgan fingerprint density at radius 2 is 1.81 bits per heavy atom. The molecule has 0 radical (unpaired) electrons. The molecular weight excluding hydrogens is 344 g/mol. The van der Waals surface area contributed by atoms with E-state index in [0.717, 1.165) is 29.2 Å². The van der Waals surface area contributed by atoms with Crippen LogP contribution in [0.1, 0.15) is 23.6 Å². The Labute approximate surface area is 157 Å². The molecule has 0 saturated carbocycles. The number of hydrazone groups is 1. The summed E-state index contributed by atoms with van der Waals surface area (Å²) in [7, 11) is 4.06. The van der Waals surface area contributed by atoms with Gasteiger partial charge < -0.3 is 4.90 Å². The van der Waals surface area contributed by atoms with Crippen molar-refractivity contribution in [3.05, 3.63) is 65.7 Å². The van der Waals surface area contributed by atoms with Crippen molar-refractivity contribution in [2.24, 2.45) is 10.1 Å². The first-order valence-corrected chi connectivity index (χ1v) is 9.54. The minimum atomic E-state index is -0.134. The van der Waals surface area contributed by atoms with Gasteiger partial charge in [-0.05, 0) is 23.3 Å². The lowest BCUT2D eigenvalue weighted by molar-refractivity contribution is 0.267. The topological polar surface area (TPSA) is 48.3 Å². The average Bonchev–Trinajstić information content (AvgIpc) is 3.29. The summed E-state index contributed by atoms with van der Waals surface area (Å²) < 4.78 is 0. The van der Waals surface area contributed by atoms with E-state index in [0.29, 0.717) is 5.75 Å². The molecule has 0 N–H and O–H groups in total. The smallest absolute Gasteiger partial charge is 0.307 e. The van der Waals surface area contributed by atoms with Gasteiger partial charge in [-0.15, -0.1) is 0 Å². The van der Waals surface area contributed by atoms with Gasteiger partial charge in [-0.25, -0.2) is 5.01 Å². The molecule has 132 valence electrons. The van der Waals surface area contributed by atoms with Crippen LogP contribution in [0.5, 0.6) is 0 Å². The number of nitrogens with zero attached hydrogens (tertiary/aromatic N) is 4. The van der Waals surface area contributed by atoms with Crippen LogP contribution in [0, 0.1) is 0 Å². The highest BCUT2D eigenvalue weighted by Crippen LogP contribution is 2.35. The van der Waals surface area contributed by atoms with Crippen LogP contribution in [0.25, 0.3) is 0 Å². The predicted molar refractivity (Wildman–Crippen MR) is 108 cm³/mol. The summed E-state index contributed by atoms with van der Waals surface area (Å²) >= 11 is 1.23. The number of carbonyl (C=O) groups is 1. The first-order chi connectivity index (χ1) is 12.6. The Balaban J connectivity index is 1.68. The minimum absolute atomic E-state index is 0.0617. The van der Waals surface area contributed by atoms with Gasteiger partial charge in [0.05, 0.1) is 17.5 Å². The zero-order valence-corrected chi connectivity index (χ0v) is 15.6. The quantitative estimate of drug-likeness (QED) is 0.820. The van der Waals surface area contributed by atoms with Crippen molar-refractivity contribution in [3.8, 4) is 0 Å². The fraction of sp³-hybridized carbons (Fsp3) is 0.250. The normalized spacial score (nSPS) is 19.5. The van der Waals surface area contributed by atoms with Gasteiger partial charge in [0.25, 0.3) is 0 Å². The molecule has 2 aliphatic heterocycles. The maximum atomic E-state index is 11.6. The molecule has 6 heteroatoms. The van der Waals surface area contributed by atoms with Crippen molar-refractivity contribution >= 4 is 34.2 Å². The second kappa shape index (κ2) is 6.96. The van der Waals surface area contributed by atoms with Gasteiger partial charge in [0.15, 0.2) is 0 Å². The molecule has 1 atom stereocenters. The van der Waals surface area contributed by atoms with E-state index in [1.54, 1.807) is 0 Å². The fourth-order valence-corrected chi connectivity index (χ4v) is 3.84. The van der Waals surface area contributed by atoms with Crippen molar-refractivity contribution in [1.82, 2.24) is 5.01 Å². The number of aliphatic imine (C=N–C) groups is 1.